The Labute approximate surface area is 181 Å². The van der Waals surface area contributed by atoms with Crippen molar-refractivity contribution in [3.05, 3.63) is 35.2 Å². The zero-order chi connectivity index (χ0) is 23.1. The number of aryl methyl sites for hydroxylation is 1. The first-order chi connectivity index (χ1) is 15.0. The van der Waals surface area contributed by atoms with Crippen LogP contribution in [0.2, 0.25) is 0 Å². The van der Waals surface area contributed by atoms with Gasteiger partial charge >= 0.3 is 6.18 Å². The van der Waals surface area contributed by atoms with Gasteiger partial charge in [-0.3, -0.25) is 9.98 Å². The zero-order valence-electron chi connectivity index (χ0n) is 17.6. The molecule has 0 spiro atoms. The summed E-state index contributed by atoms with van der Waals surface area (Å²) in [4.78, 5) is 13.0. The highest BCUT2D eigenvalue weighted by atomic mass is 19.4. The Balaban J connectivity index is 1.68. The van der Waals surface area contributed by atoms with Crippen LogP contribution in [0.25, 0.3) is 0 Å². The maximum Gasteiger partial charge on any atom is 0.422 e. The lowest BCUT2D eigenvalue weighted by atomic mass is 9.93. The highest BCUT2D eigenvalue weighted by molar-refractivity contribution is 5.96. The van der Waals surface area contributed by atoms with E-state index in [1.807, 2.05) is 0 Å². The van der Waals surface area contributed by atoms with Crippen molar-refractivity contribution in [3.8, 4) is 5.75 Å². The standard InChI is InChI=1S/C20H23F4N5O3/c1-11-27-17(29-32-11)18(2,6-12-3-4-12)28-16(25)14-5-15(31-10-20(22,23)24)13(7-26-14)19(21)8-30-9-19/h5,7,12H,3-4,6,8-10H2,1-2H3,(H2,25,28)/t18-/m1/s1. The highest BCUT2D eigenvalue weighted by Gasteiger charge is 2.44. The predicted molar refractivity (Wildman–Crippen MR) is 104 cm³/mol. The van der Waals surface area contributed by atoms with E-state index < -0.39 is 24.0 Å². The second kappa shape index (κ2) is 7.98. The molecule has 2 aliphatic rings. The Morgan fingerprint density at radius 2 is 2.06 bits per heavy atom. The molecule has 1 atom stereocenters. The first kappa shape index (κ1) is 22.4. The molecule has 174 valence electrons. The van der Waals surface area contributed by atoms with Crippen molar-refractivity contribution in [2.75, 3.05) is 19.8 Å². The lowest BCUT2D eigenvalue weighted by Gasteiger charge is -2.34. The average Bonchev–Trinajstić information content (AvgIpc) is 3.39. The van der Waals surface area contributed by atoms with Crippen LogP contribution in [0.5, 0.6) is 5.75 Å². The van der Waals surface area contributed by atoms with E-state index in [4.69, 9.17) is 19.7 Å². The van der Waals surface area contributed by atoms with Gasteiger partial charge in [0.15, 0.2) is 18.1 Å². The van der Waals surface area contributed by atoms with Gasteiger partial charge in [-0.15, -0.1) is 0 Å². The van der Waals surface area contributed by atoms with E-state index in [0.717, 1.165) is 19.0 Å². The Bertz CT molecular complexity index is 1020. The second-order valence-electron chi connectivity index (χ2n) is 8.48. The van der Waals surface area contributed by atoms with Crippen molar-refractivity contribution in [1.29, 1.82) is 0 Å². The molecule has 0 amide bonds. The smallest absolute Gasteiger partial charge is 0.422 e. The first-order valence-corrected chi connectivity index (χ1v) is 10.1. The molecule has 0 unspecified atom stereocenters. The summed E-state index contributed by atoms with van der Waals surface area (Å²) < 4.78 is 67.9. The Morgan fingerprint density at radius 1 is 1.34 bits per heavy atom. The summed E-state index contributed by atoms with van der Waals surface area (Å²) in [5, 5.41) is 3.97. The molecule has 8 nitrogen and oxygen atoms in total. The number of nitrogens with zero attached hydrogens (tertiary/aromatic N) is 4. The molecule has 2 aromatic rings. The number of hydrogen-bond acceptors (Lipinski definition) is 7. The van der Waals surface area contributed by atoms with E-state index >= 15 is 0 Å². The highest BCUT2D eigenvalue weighted by Crippen LogP contribution is 2.43. The van der Waals surface area contributed by atoms with Crippen molar-refractivity contribution in [3.63, 3.8) is 0 Å². The van der Waals surface area contributed by atoms with Gasteiger partial charge in [-0.2, -0.15) is 18.2 Å². The molecule has 0 bridgehead atoms. The fraction of sp³-hybridized carbons (Fsp3) is 0.600. The van der Waals surface area contributed by atoms with Crippen LogP contribution < -0.4 is 10.5 Å². The van der Waals surface area contributed by atoms with Crippen molar-refractivity contribution in [1.82, 2.24) is 15.1 Å². The molecule has 1 saturated heterocycles. The molecule has 2 aromatic heterocycles. The number of amidine groups is 1. The molecule has 1 aliphatic carbocycles. The minimum atomic E-state index is -4.60. The number of hydrogen-bond donors (Lipinski definition) is 1. The third-order valence-electron chi connectivity index (χ3n) is 5.42. The topological polar surface area (TPSA) is 109 Å². The quantitative estimate of drug-likeness (QED) is 0.368. The summed E-state index contributed by atoms with van der Waals surface area (Å²) in [6.45, 7) is 1.29. The molecule has 32 heavy (non-hydrogen) atoms. The van der Waals surface area contributed by atoms with Crippen LogP contribution in [0.3, 0.4) is 0 Å². The normalized spacial score (nSPS) is 20.5. The van der Waals surface area contributed by atoms with Crippen molar-refractivity contribution < 1.29 is 31.6 Å². The first-order valence-electron chi connectivity index (χ1n) is 10.1. The van der Waals surface area contributed by atoms with E-state index in [2.05, 4.69) is 20.1 Å². The van der Waals surface area contributed by atoms with Gasteiger partial charge in [-0.25, -0.2) is 4.39 Å². The van der Waals surface area contributed by atoms with Crippen LogP contribution in [0.15, 0.2) is 21.8 Å². The minimum Gasteiger partial charge on any atom is -0.484 e. The molecule has 1 aliphatic heterocycles. The van der Waals surface area contributed by atoms with Gasteiger partial charge in [-0.05, 0) is 19.3 Å². The summed E-state index contributed by atoms with van der Waals surface area (Å²) >= 11 is 0. The number of aliphatic imine (C=N–C) groups is 1. The molecule has 12 heteroatoms. The van der Waals surface area contributed by atoms with Gasteiger partial charge in [-0.1, -0.05) is 18.0 Å². The molecule has 0 aromatic carbocycles. The molecular weight excluding hydrogens is 434 g/mol. The van der Waals surface area contributed by atoms with E-state index in [1.165, 1.54) is 6.07 Å². The molecule has 2 N–H and O–H groups in total. The Kier molecular flexibility index (Phi) is 5.60. The maximum atomic E-state index is 14.9. The molecule has 0 radical (unpaired) electrons. The number of nitrogens with two attached hydrogens (primary N) is 1. The average molecular weight is 457 g/mol. The predicted octanol–water partition coefficient (Wildman–Crippen LogP) is 3.33. The van der Waals surface area contributed by atoms with Crippen molar-refractivity contribution in [2.24, 2.45) is 16.6 Å². The van der Waals surface area contributed by atoms with E-state index in [0.29, 0.717) is 24.1 Å². The summed E-state index contributed by atoms with van der Waals surface area (Å²) in [6.07, 6.45) is -0.773. The fourth-order valence-corrected chi connectivity index (χ4v) is 3.54. The Hall–Kier alpha value is -2.76. The van der Waals surface area contributed by atoms with E-state index in [9.17, 15) is 17.6 Å². The largest absolute Gasteiger partial charge is 0.484 e. The monoisotopic (exact) mass is 457 g/mol. The minimum absolute atomic E-state index is 0.0528. The van der Waals surface area contributed by atoms with E-state index in [-0.39, 0.29) is 36.1 Å². The van der Waals surface area contributed by atoms with Crippen LogP contribution in [-0.4, -0.2) is 47.0 Å². The number of pyridine rings is 1. The van der Waals surface area contributed by atoms with Gasteiger partial charge < -0.3 is 19.7 Å². The summed E-state index contributed by atoms with van der Waals surface area (Å²) in [5.74, 6) is 0.787. The van der Waals surface area contributed by atoms with Crippen molar-refractivity contribution in [2.45, 2.75) is 50.5 Å². The van der Waals surface area contributed by atoms with Gasteiger partial charge in [0, 0.05) is 19.2 Å². The zero-order valence-corrected chi connectivity index (χ0v) is 17.6. The van der Waals surface area contributed by atoms with Gasteiger partial charge in [0.1, 0.15) is 22.8 Å². The summed E-state index contributed by atoms with van der Waals surface area (Å²) in [5.41, 5.74) is 3.22. The van der Waals surface area contributed by atoms with Crippen LogP contribution in [0, 0.1) is 12.8 Å². The van der Waals surface area contributed by atoms with Gasteiger partial charge in [0.05, 0.1) is 18.8 Å². The number of alkyl halides is 4. The number of aromatic nitrogens is 3. The second-order valence-corrected chi connectivity index (χ2v) is 8.48. The Morgan fingerprint density at radius 3 is 2.59 bits per heavy atom. The van der Waals surface area contributed by atoms with Gasteiger partial charge in [0.25, 0.3) is 0 Å². The number of halogens is 4. The van der Waals surface area contributed by atoms with Crippen LogP contribution in [-0.2, 0) is 15.9 Å². The van der Waals surface area contributed by atoms with Crippen LogP contribution in [0.4, 0.5) is 17.6 Å². The molecule has 1 saturated carbocycles. The van der Waals surface area contributed by atoms with E-state index in [1.54, 1.807) is 13.8 Å². The van der Waals surface area contributed by atoms with Gasteiger partial charge in [0.2, 0.25) is 5.89 Å². The number of ether oxygens (including phenoxy) is 2. The van der Waals surface area contributed by atoms with Crippen LogP contribution >= 0.6 is 0 Å². The number of rotatable bonds is 8. The lowest BCUT2D eigenvalue weighted by Crippen LogP contribution is -2.43. The summed E-state index contributed by atoms with van der Waals surface area (Å²) in [7, 11) is 0. The van der Waals surface area contributed by atoms with Crippen LogP contribution in [0.1, 0.15) is 49.2 Å². The molecule has 3 heterocycles. The SMILES string of the molecule is Cc1nc([C@@](C)(CC2CC2)N=C(N)c2cc(OCC(F)(F)F)c(C3(F)COC3)cn2)no1. The molecule has 2 fully saturated rings. The molecular formula is C20H23F4N5O3. The fourth-order valence-electron chi connectivity index (χ4n) is 3.54. The van der Waals surface area contributed by atoms with Crippen molar-refractivity contribution >= 4 is 5.84 Å². The third-order valence-corrected chi connectivity index (χ3v) is 5.42. The molecule has 4 rings (SSSR count). The lowest BCUT2D eigenvalue weighted by molar-refractivity contribution is -0.156. The summed E-state index contributed by atoms with van der Waals surface area (Å²) in [6, 6.07) is 1.17. The maximum absolute atomic E-state index is 14.9. The third kappa shape index (κ3) is 4.84.